The number of aliphatic hydroxyl groups is 1. The van der Waals surface area contributed by atoms with Crippen LogP contribution in [0.3, 0.4) is 0 Å². The van der Waals surface area contributed by atoms with Gasteiger partial charge in [-0.1, -0.05) is 12.2 Å². The molecule has 2 unspecified atom stereocenters. The quantitative estimate of drug-likeness (QED) is 0.405. The number of hydrogen-bond acceptors (Lipinski definition) is 1. The van der Waals surface area contributed by atoms with Gasteiger partial charge in [-0.25, -0.2) is 0 Å². The summed E-state index contributed by atoms with van der Waals surface area (Å²) >= 11 is 0. The van der Waals surface area contributed by atoms with E-state index in [1.807, 2.05) is 12.2 Å². The number of rotatable bonds is 1. The smallest absolute Gasteiger partial charge is 0.0727 e. The van der Waals surface area contributed by atoms with Gasteiger partial charge in [0.1, 0.15) is 0 Å². The van der Waals surface area contributed by atoms with Crippen molar-refractivity contribution in [2.75, 3.05) is 0 Å². The van der Waals surface area contributed by atoms with E-state index in [4.69, 9.17) is 11.5 Å². The highest BCUT2D eigenvalue weighted by molar-refractivity contribution is 5.06. The van der Waals surface area contributed by atoms with Gasteiger partial charge in [0.25, 0.3) is 0 Å². The first kappa shape index (κ1) is 6.38. The molecule has 0 aromatic carbocycles. The average Bonchev–Trinajstić information content (AvgIpc) is 2.17. The first-order chi connectivity index (χ1) is 4.33. The second-order valence-electron chi connectivity index (χ2n) is 2.36. The predicted octanol–water partition coefficient (Wildman–Crippen LogP) is 0.947. The van der Waals surface area contributed by atoms with Crippen molar-refractivity contribution < 1.29 is 5.11 Å². The molecule has 0 aliphatic heterocycles. The molecule has 1 nitrogen and oxygen atoms in total. The molecule has 0 amide bonds. The molecule has 0 saturated heterocycles. The van der Waals surface area contributed by atoms with Crippen LogP contribution in [0.1, 0.15) is 12.8 Å². The molecule has 48 valence electrons. The van der Waals surface area contributed by atoms with Crippen LogP contribution < -0.4 is 0 Å². The molecule has 0 fully saturated rings. The monoisotopic (exact) mass is 122 g/mol. The molecule has 0 spiro atoms. The largest absolute Gasteiger partial charge is 0.389 e. The van der Waals surface area contributed by atoms with Crippen molar-refractivity contribution in [3.8, 4) is 12.3 Å². The number of aliphatic hydroxyl groups excluding tert-OH is 1. The Labute approximate surface area is 55.4 Å². The SMILES string of the molecule is C#CCC1C=CC(O)C1. The van der Waals surface area contributed by atoms with Crippen LogP contribution in [0.15, 0.2) is 12.2 Å². The highest BCUT2D eigenvalue weighted by Crippen LogP contribution is 2.19. The molecule has 1 N–H and O–H groups in total. The Hall–Kier alpha value is -0.740. The summed E-state index contributed by atoms with van der Waals surface area (Å²) < 4.78 is 0. The van der Waals surface area contributed by atoms with Gasteiger partial charge in [0.15, 0.2) is 0 Å². The zero-order chi connectivity index (χ0) is 6.69. The minimum Gasteiger partial charge on any atom is -0.389 e. The lowest BCUT2D eigenvalue weighted by atomic mass is 10.1. The van der Waals surface area contributed by atoms with Crippen LogP contribution >= 0.6 is 0 Å². The molecule has 0 aromatic heterocycles. The summed E-state index contributed by atoms with van der Waals surface area (Å²) in [4.78, 5) is 0. The predicted molar refractivity (Wildman–Crippen MR) is 36.7 cm³/mol. The van der Waals surface area contributed by atoms with Gasteiger partial charge in [-0.05, 0) is 12.3 Å². The second kappa shape index (κ2) is 2.70. The van der Waals surface area contributed by atoms with E-state index in [0.717, 1.165) is 12.8 Å². The van der Waals surface area contributed by atoms with Crippen molar-refractivity contribution in [2.45, 2.75) is 18.9 Å². The minimum atomic E-state index is -0.247. The maximum atomic E-state index is 8.97. The Morgan fingerprint density at radius 2 is 2.44 bits per heavy atom. The van der Waals surface area contributed by atoms with Crippen molar-refractivity contribution >= 4 is 0 Å². The van der Waals surface area contributed by atoms with Crippen LogP contribution in [0.2, 0.25) is 0 Å². The molecule has 1 rings (SSSR count). The second-order valence-corrected chi connectivity index (χ2v) is 2.36. The summed E-state index contributed by atoms with van der Waals surface area (Å²) in [5, 5.41) is 8.97. The van der Waals surface area contributed by atoms with E-state index in [9.17, 15) is 0 Å². The molecule has 0 bridgehead atoms. The number of allylic oxidation sites excluding steroid dienone is 1. The van der Waals surface area contributed by atoms with Crippen LogP contribution in [-0.4, -0.2) is 11.2 Å². The first-order valence-electron chi connectivity index (χ1n) is 3.13. The highest BCUT2D eigenvalue weighted by Gasteiger charge is 2.14. The molecular formula is C8H10O. The maximum Gasteiger partial charge on any atom is 0.0727 e. The third-order valence-corrected chi connectivity index (χ3v) is 1.53. The zero-order valence-electron chi connectivity index (χ0n) is 5.25. The van der Waals surface area contributed by atoms with Crippen LogP contribution in [0.5, 0.6) is 0 Å². The molecule has 0 aromatic rings. The highest BCUT2D eigenvalue weighted by atomic mass is 16.3. The Balaban J connectivity index is 2.34. The van der Waals surface area contributed by atoms with Crippen molar-refractivity contribution in [2.24, 2.45) is 5.92 Å². The first-order valence-corrected chi connectivity index (χ1v) is 3.13. The Bertz CT molecular complexity index is 152. The fourth-order valence-corrected chi connectivity index (χ4v) is 1.06. The molecule has 1 aliphatic carbocycles. The fourth-order valence-electron chi connectivity index (χ4n) is 1.06. The summed E-state index contributed by atoms with van der Waals surface area (Å²) in [6.07, 6.45) is 10.2. The van der Waals surface area contributed by atoms with Crippen LogP contribution in [0.25, 0.3) is 0 Å². The molecular weight excluding hydrogens is 112 g/mol. The zero-order valence-corrected chi connectivity index (χ0v) is 5.25. The van der Waals surface area contributed by atoms with Gasteiger partial charge < -0.3 is 5.11 Å². The van der Waals surface area contributed by atoms with Gasteiger partial charge in [0, 0.05) is 6.42 Å². The van der Waals surface area contributed by atoms with Gasteiger partial charge in [0.05, 0.1) is 6.10 Å². The molecule has 9 heavy (non-hydrogen) atoms. The summed E-state index contributed by atoms with van der Waals surface area (Å²) in [5.41, 5.74) is 0. The summed E-state index contributed by atoms with van der Waals surface area (Å²) in [6, 6.07) is 0. The third-order valence-electron chi connectivity index (χ3n) is 1.53. The summed E-state index contributed by atoms with van der Waals surface area (Å²) in [6.45, 7) is 0. The molecule has 0 radical (unpaired) electrons. The lowest BCUT2D eigenvalue weighted by Gasteiger charge is -2.01. The summed E-state index contributed by atoms with van der Waals surface area (Å²) in [7, 11) is 0. The van der Waals surface area contributed by atoms with E-state index >= 15 is 0 Å². The van der Waals surface area contributed by atoms with Gasteiger partial charge in [-0.3, -0.25) is 0 Å². The van der Waals surface area contributed by atoms with E-state index in [1.54, 1.807) is 0 Å². The lowest BCUT2D eigenvalue weighted by Crippen LogP contribution is -2.00. The van der Waals surface area contributed by atoms with Crippen LogP contribution in [-0.2, 0) is 0 Å². The normalized spacial score (nSPS) is 32.4. The van der Waals surface area contributed by atoms with Gasteiger partial charge in [-0.2, -0.15) is 0 Å². The van der Waals surface area contributed by atoms with Gasteiger partial charge >= 0.3 is 0 Å². The Morgan fingerprint density at radius 3 is 2.89 bits per heavy atom. The van der Waals surface area contributed by atoms with E-state index in [0.29, 0.717) is 5.92 Å². The Kier molecular flexibility index (Phi) is 1.92. The van der Waals surface area contributed by atoms with E-state index in [2.05, 4.69) is 5.92 Å². The molecule has 0 heterocycles. The molecule has 1 heteroatoms. The van der Waals surface area contributed by atoms with E-state index in [1.165, 1.54) is 0 Å². The van der Waals surface area contributed by atoms with Crippen molar-refractivity contribution in [1.82, 2.24) is 0 Å². The van der Waals surface area contributed by atoms with Crippen molar-refractivity contribution in [3.05, 3.63) is 12.2 Å². The van der Waals surface area contributed by atoms with E-state index in [-0.39, 0.29) is 6.10 Å². The molecule has 0 saturated carbocycles. The Morgan fingerprint density at radius 1 is 1.67 bits per heavy atom. The maximum absolute atomic E-state index is 8.97. The standard InChI is InChI=1S/C8H10O/c1-2-3-7-4-5-8(9)6-7/h1,4-5,7-9H,3,6H2. The third kappa shape index (κ3) is 1.58. The number of terminal acetylenes is 1. The molecule has 2 atom stereocenters. The number of hydrogen-bond donors (Lipinski definition) is 1. The lowest BCUT2D eigenvalue weighted by molar-refractivity contribution is 0.211. The topological polar surface area (TPSA) is 20.2 Å². The summed E-state index contributed by atoms with van der Waals surface area (Å²) in [5.74, 6) is 2.99. The van der Waals surface area contributed by atoms with Crippen LogP contribution in [0.4, 0.5) is 0 Å². The minimum absolute atomic E-state index is 0.247. The van der Waals surface area contributed by atoms with Gasteiger partial charge in [-0.15, -0.1) is 12.3 Å². The average molecular weight is 122 g/mol. The van der Waals surface area contributed by atoms with Crippen LogP contribution in [0, 0.1) is 18.3 Å². The molecule has 1 aliphatic rings. The van der Waals surface area contributed by atoms with E-state index < -0.39 is 0 Å². The van der Waals surface area contributed by atoms with Crippen molar-refractivity contribution in [3.63, 3.8) is 0 Å². The van der Waals surface area contributed by atoms with Gasteiger partial charge in [0.2, 0.25) is 0 Å². The van der Waals surface area contributed by atoms with Crippen molar-refractivity contribution in [1.29, 1.82) is 0 Å². The fraction of sp³-hybridized carbons (Fsp3) is 0.500.